The molecule has 146 valence electrons. The Balaban J connectivity index is 1.79. The van der Waals surface area contributed by atoms with Crippen molar-refractivity contribution in [3.63, 3.8) is 0 Å². The number of aliphatic hydroxyl groups excluding tert-OH is 1. The van der Waals surface area contributed by atoms with Crippen molar-refractivity contribution in [3.8, 4) is 5.75 Å². The number of methoxy groups -OCH3 is 1. The first-order chi connectivity index (χ1) is 14.1. The van der Waals surface area contributed by atoms with Gasteiger partial charge in [-0.1, -0.05) is 66.2 Å². The maximum atomic E-state index is 13.1. The highest BCUT2D eigenvalue weighted by atomic mass is 35.5. The van der Waals surface area contributed by atoms with E-state index in [4.69, 9.17) is 16.3 Å². The standard InChI is InChI=1S/C24H20ClNO3/c1-29-20-9-5-6-16(14-20)15-26-22(18-10-12-19(25)13-11-18)21(23(27)24(26)28)17-7-3-2-4-8-17/h2-14,22,27H,15H2,1H3/t22-/m0/s1. The number of hydrogen-bond donors (Lipinski definition) is 1. The van der Waals surface area contributed by atoms with Crippen molar-refractivity contribution in [2.45, 2.75) is 12.6 Å². The van der Waals surface area contributed by atoms with Crippen molar-refractivity contribution < 1.29 is 14.6 Å². The molecule has 0 saturated heterocycles. The van der Waals surface area contributed by atoms with Crippen LogP contribution in [-0.2, 0) is 11.3 Å². The van der Waals surface area contributed by atoms with E-state index in [-0.39, 0.29) is 5.76 Å². The van der Waals surface area contributed by atoms with Crippen LogP contribution in [0, 0.1) is 0 Å². The van der Waals surface area contributed by atoms with Crippen molar-refractivity contribution in [2.24, 2.45) is 0 Å². The molecule has 3 aromatic carbocycles. The third-order valence-electron chi connectivity index (χ3n) is 5.06. The van der Waals surface area contributed by atoms with Crippen molar-refractivity contribution in [2.75, 3.05) is 7.11 Å². The molecule has 5 heteroatoms. The predicted octanol–water partition coefficient (Wildman–Crippen LogP) is 5.40. The van der Waals surface area contributed by atoms with Crippen LogP contribution < -0.4 is 4.74 Å². The van der Waals surface area contributed by atoms with E-state index in [0.29, 0.717) is 17.1 Å². The van der Waals surface area contributed by atoms with Gasteiger partial charge in [-0.05, 0) is 41.0 Å². The molecule has 0 unspecified atom stereocenters. The maximum Gasteiger partial charge on any atom is 0.290 e. The van der Waals surface area contributed by atoms with Gasteiger partial charge in [-0.15, -0.1) is 0 Å². The van der Waals surface area contributed by atoms with E-state index < -0.39 is 11.9 Å². The SMILES string of the molecule is COc1cccc(CN2C(=O)C(O)=C(c3ccccc3)[C@@H]2c2ccc(Cl)cc2)c1. The summed E-state index contributed by atoms with van der Waals surface area (Å²) in [7, 11) is 1.61. The molecule has 1 aliphatic rings. The summed E-state index contributed by atoms with van der Waals surface area (Å²) in [6.07, 6.45) is 0. The molecule has 1 atom stereocenters. The first-order valence-corrected chi connectivity index (χ1v) is 9.64. The fourth-order valence-electron chi connectivity index (χ4n) is 3.69. The van der Waals surface area contributed by atoms with Crippen molar-refractivity contribution in [3.05, 3.63) is 106 Å². The third-order valence-corrected chi connectivity index (χ3v) is 5.31. The summed E-state index contributed by atoms with van der Waals surface area (Å²) in [5.41, 5.74) is 3.21. The number of carbonyl (C=O) groups excluding carboxylic acids is 1. The number of aliphatic hydroxyl groups is 1. The Morgan fingerprint density at radius 3 is 2.41 bits per heavy atom. The Labute approximate surface area is 174 Å². The second kappa shape index (κ2) is 8.02. The molecule has 4 rings (SSSR count). The molecular weight excluding hydrogens is 386 g/mol. The first-order valence-electron chi connectivity index (χ1n) is 9.26. The lowest BCUT2D eigenvalue weighted by molar-refractivity contribution is -0.130. The van der Waals surface area contributed by atoms with Gasteiger partial charge in [0.1, 0.15) is 5.75 Å². The van der Waals surface area contributed by atoms with E-state index in [1.165, 1.54) is 0 Å². The van der Waals surface area contributed by atoms with Crippen molar-refractivity contribution >= 4 is 23.1 Å². The summed E-state index contributed by atoms with van der Waals surface area (Å²) in [6.45, 7) is 0.337. The second-order valence-corrected chi connectivity index (χ2v) is 7.30. The first kappa shape index (κ1) is 19.1. The number of benzene rings is 3. The fraction of sp³-hybridized carbons (Fsp3) is 0.125. The molecule has 0 saturated carbocycles. The highest BCUT2D eigenvalue weighted by Crippen LogP contribution is 2.43. The van der Waals surface area contributed by atoms with Crippen LogP contribution in [0.3, 0.4) is 0 Å². The highest BCUT2D eigenvalue weighted by molar-refractivity contribution is 6.30. The number of ether oxygens (including phenoxy) is 1. The zero-order valence-electron chi connectivity index (χ0n) is 15.9. The number of amides is 1. The quantitative estimate of drug-likeness (QED) is 0.618. The fourth-order valence-corrected chi connectivity index (χ4v) is 3.81. The van der Waals surface area contributed by atoms with Crippen LogP contribution in [0.1, 0.15) is 22.7 Å². The minimum atomic E-state index is -0.423. The number of nitrogens with zero attached hydrogens (tertiary/aromatic N) is 1. The lowest BCUT2D eigenvalue weighted by Gasteiger charge is -2.27. The van der Waals surface area contributed by atoms with Crippen LogP contribution in [-0.4, -0.2) is 23.0 Å². The summed E-state index contributed by atoms with van der Waals surface area (Å²) in [4.78, 5) is 14.7. The molecule has 0 aromatic heterocycles. The molecule has 1 aliphatic heterocycles. The molecule has 0 radical (unpaired) electrons. The van der Waals surface area contributed by atoms with Crippen molar-refractivity contribution in [1.29, 1.82) is 0 Å². The summed E-state index contributed by atoms with van der Waals surface area (Å²) < 4.78 is 5.30. The number of hydrogen-bond acceptors (Lipinski definition) is 3. The summed E-state index contributed by atoms with van der Waals surface area (Å²) in [5, 5.41) is 11.4. The second-order valence-electron chi connectivity index (χ2n) is 6.87. The Bertz CT molecular complexity index is 1060. The van der Waals surface area contributed by atoms with E-state index in [0.717, 1.165) is 22.4 Å². The normalized spacial score (nSPS) is 16.4. The van der Waals surface area contributed by atoms with Gasteiger partial charge in [0.05, 0.1) is 13.2 Å². The molecule has 0 aliphatic carbocycles. The van der Waals surface area contributed by atoms with Gasteiger partial charge in [0, 0.05) is 17.1 Å². The molecule has 1 amide bonds. The predicted molar refractivity (Wildman–Crippen MR) is 114 cm³/mol. The molecule has 0 fully saturated rings. The third kappa shape index (κ3) is 3.71. The van der Waals surface area contributed by atoms with Crippen molar-refractivity contribution in [1.82, 2.24) is 4.90 Å². The summed E-state index contributed by atoms with van der Waals surface area (Å²) in [6, 6.07) is 24.0. The average Bonchev–Trinajstić information content (AvgIpc) is 3.00. The van der Waals surface area contributed by atoms with Gasteiger partial charge < -0.3 is 14.7 Å². The van der Waals surface area contributed by atoms with Gasteiger partial charge in [-0.25, -0.2) is 0 Å². The highest BCUT2D eigenvalue weighted by Gasteiger charge is 2.40. The van der Waals surface area contributed by atoms with Crippen LogP contribution >= 0.6 is 11.6 Å². The average molecular weight is 406 g/mol. The smallest absolute Gasteiger partial charge is 0.290 e. The lowest BCUT2D eigenvalue weighted by Crippen LogP contribution is -2.29. The minimum Gasteiger partial charge on any atom is -0.503 e. The van der Waals surface area contributed by atoms with E-state index in [1.807, 2.05) is 66.7 Å². The zero-order chi connectivity index (χ0) is 20.4. The number of halogens is 1. The molecule has 3 aromatic rings. The van der Waals surface area contributed by atoms with E-state index in [2.05, 4.69) is 0 Å². The number of carbonyl (C=O) groups is 1. The van der Waals surface area contributed by atoms with E-state index >= 15 is 0 Å². The van der Waals surface area contributed by atoms with Gasteiger partial charge in [-0.3, -0.25) is 4.79 Å². The van der Waals surface area contributed by atoms with Gasteiger partial charge in [0.15, 0.2) is 5.76 Å². The molecular formula is C24H20ClNO3. The summed E-state index contributed by atoms with van der Waals surface area (Å²) in [5.74, 6) is 0.100. The maximum absolute atomic E-state index is 13.1. The van der Waals surface area contributed by atoms with Crippen LogP contribution in [0.15, 0.2) is 84.6 Å². The van der Waals surface area contributed by atoms with E-state index in [1.54, 1.807) is 24.1 Å². The molecule has 4 nitrogen and oxygen atoms in total. The Kier molecular flexibility index (Phi) is 5.28. The Morgan fingerprint density at radius 2 is 1.72 bits per heavy atom. The molecule has 1 N–H and O–H groups in total. The largest absolute Gasteiger partial charge is 0.503 e. The van der Waals surface area contributed by atoms with Crippen LogP contribution in [0.5, 0.6) is 5.75 Å². The van der Waals surface area contributed by atoms with Crippen LogP contribution in [0.4, 0.5) is 0 Å². The topological polar surface area (TPSA) is 49.8 Å². The van der Waals surface area contributed by atoms with Gasteiger partial charge in [-0.2, -0.15) is 0 Å². The molecule has 29 heavy (non-hydrogen) atoms. The van der Waals surface area contributed by atoms with Gasteiger partial charge in [0.25, 0.3) is 5.91 Å². The van der Waals surface area contributed by atoms with E-state index in [9.17, 15) is 9.90 Å². The number of rotatable bonds is 5. The lowest BCUT2D eigenvalue weighted by atomic mass is 9.93. The van der Waals surface area contributed by atoms with Crippen LogP contribution in [0.25, 0.3) is 5.57 Å². The van der Waals surface area contributed by atoms with Gasteiger partial charge in [0.2, 0.25) is 0 Å². The Hall–Kier alpha value is -3.24. The molecule has 0 bridgehead atoms. The summed E-state index contributed by atoms with van der Waals surface area (Å²) >= 11 is 6.07. The Morgan fingerprint density at radius 1 is 1.00 bits per heavy atom. The zero-order valence-corrected chi connectivity index (χ0v) is 16.6. The van der Waals surface area contributed by atoms with Gasteiger partial charge >= 0.3 is 0 Å². The molecule has 1 heterocycles. The minimum absolute atomic E-state index is 0.223. The monoisotopic (exact) mass is 405 g/mol. The van der Waals surface area contributed by atoms with Crippen LogP contribution in [0.2, 0.25) is 5.02 Å². The molecule has 0 spiro atoms.